The van der Waals surface area contributed by atoms with E-state index in [4.69, 9.17) is 11.6 Å². The largest absolute Gasteiger partial charge is 0.356 e. The minimum absolute atomic E-state index is 0.00824. The van der Waals surface area contributed by atoms with Crippen LogP contribution in [-0.4, -0.2) is 36.3 Å². The second-order valence-corrected chi connectivity index (χ2v) is 6.28. The summed E-state index contributed by atoms with van der Waals surface area (Å²) in [4.78, 5) is 25.5. The lowest BCUT2D eigenvalue weighted by atomic mass is 9.77. The molecule has 6 heteroatoms. The van der Waals surface area contributed by atoms with Gasteiger partial charge in [-0.15, -0.1) is 0 Å². The van der Waals surface area contributed by atoms with Gasteiger partial charge in [-0.05, 0) is 36.5 Å². The van der Waals surface area contributed by atoms with Crippen molar-refractivity contribution in [1.29, 1.82) is 0 Å². The SMILES string of the molecule is O=C1CC2(CCN(C(=O)c3ccc(F)c(Cl)c3)CC2)CN1. The molecule has 0 radical (unpaired) electrons. The van der Waals surface area contributed by atoms with E-state index in [0.29, 0.717) is 31.6 Å². The van der Waals surface area contributed by atoms with Crippen molar-refractivity contribution >= 4 is 23.4 Å². The number of amides is 2. The minimum Gasteiger partial charge on any atom is -0.356 e. The molecule has 3 rings (SSSR count). The Bertz CT molecular complexity index is 597. The van der Waals surface area contributed by atoms with Gasteiger partial charge in [0.1, 0.15) is 5.82 Å². The highest BCUT2D eigenvalue weighted by molar-refractivity contribution is 6.31. The van der Waals surface area contributed by atoms with E-state index in [1.54, 1.807) is 4.90 Å². The first-order valence-electron chi connectivity index (χ1n) is 7.00. The Kier molecular flexibility index (Phi) is 3.61. The molecule has 0 atom stereocenters. The van der Waals surface area contributed by atoms with Crippen molar-refractivity contribution in [2.45, 2.75) is 19.3 Å². The van der Waals surface area contributed by atoms with E-state index in [1.807, 2.05) is 0 Å². The molecule has 0 unspecified atom stereocenters. The first-order valence-corrected chi connectivity index (χ1v) is 7.38. The molecule has 4 nitrogen and oxygen atoms in total. The van der Waals surface area contributed by atoms with Gasteiger partial charge in [-0.2, -0.15) is 0 Å². The van der Waals surface area contributed by atoms with Gasteiger partial charge < -0.3 is 10.2 Å². The van der Waals surface area contributed by atoms with Crippen LogP contribution in [0.3, 0.4) is 0 Å². The molecule has 0 saturated carbocycles. The topological polar surface area (TPSA) is 49.4 Å². The fourth-order valence-electron chi connectivity index (χ4n) is 3.10. The molecule has 2 amide bonds. The van der Waals surface area contributed by atoms with Crippen LogP contribution in [0.4, 0.5) is 4.39 Å². The molecule has 1 N–H and O–H groups in total. The second kappa shape index (κ2) is 5.30. The number of carbonyl (C=O) groups is 2. The molecule has 1 aromatic rings. The quantitative estimate of drug-likeness (QED) is 0.864. The maximum Gasteiger partial charge on any atom is 0.253 e. The zero-order valence-electron chi connectivity index (χ0n) is 11.5. The Morgan fingerprint density at radius 1 is 1.33 bits per heavy atom. The van der Waals surface area contributed by atoms with Gasteiger partial charge in [0, 0.05) is 31.6 Å². The molecule has 2 heterocycles. The van der Waals surface area contributed by atoms with E-state index in [2.05, 4.69) is 5.32 Å². The van der Waals surface area contributed by atoms with E-state index in [0.717, 1.165) is 12.8 Å². The third kappa shape index (κ3) is 2.75. The van der Waals surface area contributed by atoms with Gasteiger partial charge in [0.25, 0.3) is 5.91 Å². The van der Waals surface area contributed by atoms with Crippen molar-refractivity contribution in [3.8, 4) is 0 Å². The van der Waals surface area contributed by atoms with E-state index < -0.39 is 5.82 Å². The highest BCUT2D eigenvalue weighted by atomic mass is 35.5. The van der Waals surface area contributed by atoms with Crippen LogP contribution in [0.5, 0.6) is 0 Å². The molecule has 2 aliphatic rings. The van der Waals surface area contributed by atoms with Crippen molar-refractivity contribution in [2.75, 3.05) is 19.6 Å². The average Bonchev–Trinajstić information content (AvgIpc) is 2.83. The second-order valence-electron chi connectivity index (χ2n) is 5.87. The van der Waals surface area contributed by atoms with Crippen LogP contribution in [0.1, 0.15) is 29.6 Å². The summed E-state index contributed by atoms with van der Waals surface area (Å²) in [5.74, 6) is -0.564. The van der Waals surface area contributed by atoms with E-state index in [-0.39, 0.29) is 22.3 Å². The van der Waals surface area contributed by atoms with Crippen molar-refractivity contribution < 1.29 is 14.0 Å². The Morgan fingerprint density at radius 2 is 2.05 bits per heavy atom. The fraction of sp³-hybridized carbons (Fsp3) is 0.467. The number of hydrogen-bond acceptors (Lipinski definition) is 2. The molecular weight excluding hydrogens is 295 g/mol. The van der Waals surface area contributed by atoms with Crippen LogP contribution in [0.15, 0.2) is 18.2 Å². The number of benzene rings is 1. The fourth-order valence-corrected chi connectivity index (χ4v) is 3.28. The lowest BCUT2D eigenvalue weighted by Crippen LogP contribution is -2.44. The predicted octanol–water partition coefficient (Wildman–Crippen LogP) is 2.22. The Labute approximate surface area is 127 Å². The highest BCUT2D eigenvalue weighted by Gasteiger charge is 2.41. The van der Waals surface area contributed by atoms with Crippen LogP contribution in [0.25, 0.3) is 0 Å². The molecule has 1 spiro atoms. The van der Waals surface area contributed by atoms with Crippen molar-refractivity contribution in [3.63, 3.8) is 0 Å². The smallest absolute Gasteiger partial charge is 0.253 e. The summed E-state index contributed by atoms with van der Waals surface area (Å²) in [5.41, 5.74) is 0.409. The molecule has 2 saturated heterocycles. The number of halogens is 2. The van der Waals surface area contributed by atoms with Crippen LogP contribution in [-0.2, 0) is 4.79 Å². The van der Waals surface area contributed by atoms with Crippen LogP contribution in [0.2, 0.25) is 5.02 Å². The number of nitrogens with one attached hydrogen (secondary N) is 1. The van der Waals surface area contributed by atoms with E-state index >= 15 is 0 Å². The maximum atomic E-state index is 13.1. The number of nitrogens with zero attached hydrogens (tertiary/aromatic N) is 1. The van der Waals surface area contributed by atoms with Gasteiger partial charge in [-0.3, -0.25) is 9.59 Å². The third-order valence-corrected chi connectivity index (χ3v) is 4.76. The number of likely N-dealkylation sites (tertiary alicyclic amines) is 1. The number of rotatable bonds is 1. The van der Waals surface area contributed by atoms with Gasteiger partial charge in [0.15, 0.2) is 0 Å². The van der Waals surface area contributed by atoms with Crippen LogP contribution >= 0.6 is 11.6 Å². The van der Waals surface area contributed by atoms with Gasteiger partial charge >= 0.3 is 0 Å². The normalized spacial score (nSPS) is 20.7. The third-order valence-electron chi connectivity index (χ3n) is 4.47. The number of hydrogen-bond donors (Lipinski definition) is 1. The summed E-state index contributed by atoms with van der Waals surface area (Å²) >= 11 is 5.72. The number of carbonyl (C=O) groups excluding carboxylic acids is 2. The van der Waals surface area contributed by atoms with Gasteiger partial charge in [-0.25, -0.2) is 4.39 Å². The standard InChI is InChI=1S/C15H16ClFN2O2/c16-11-7-10(1-2-12(11)17)14(21)19-5-3-15(4-6-19)8-13(20)18-9-15/h1-2,7H,3-6,8-9H2,(H,18,20). The molecule has 1 aromatic carbocycles. The molecule has 2 fully saturated rings. The summed E-state index contributed by atoms with van der Waals surface area (Å²) in [6, 6.07) is 4.03. The highest BCUT2D eigenvalue weighted by Crippen LogP contribution is 2.37. The first-order chi connectivity index (χ1) is 9.99. The molecule has 0 aromatic heterocycles. The lowest BCUT2D eigenvalue weighted by Gasteiger charge is -2.38. The molecule has 0 bridgehead atoms. The summed E-state index contributed by atoms with van der Waals surface area (Å²) in [5, 5.41) is 2.83. The van der Waals surface area contributed by atoms with Crippen LogP contribution < -0.4 is 5.32 Å². The molecule has 21 heavy (non-hydrogen) atoms. The summed E-state index contributed by atoms with van der Waals surface area (Å²) in [6.45, 7) is 1.93. The minimum atomic E-state index is -0.527. The Hall–Kier alpha value is -1.62. The van der Waals surface area contributed by atoms with E-state index in [1.165, 1.54) is 18.2 Å². The first kappa shape index (κ1) is 14.3. The van der Waals surface area contributed by atoms with Crippen molar-refractivity contribution in [3.05, 3.63) is 34.6 Å². The summed E-state index contributed by atoms with van der Waals surface area (Å²) < 4.78 is 13.1. The number of piperidine rings is 1. The molecular formula is C15H16ClFN2O2. The monoisotopic (exact) mass is 310 g/mol. The van der Waals surface area contributed by atoms with Gasteiger partial charge in [-0.1, -0.05) is 11.6 Å². The van der Waals surface area contributed by atoms with E-state index in [9.17, 15) is 14.0 Å². The predicted molar refractivity (Wildman–Crippen MR) is 76.6 cm³/mol. The Morgan fingerprint density at radius 3 is 2.62 bits per heavy atom. The molecule has 2 aliphatic heterocycles. The van der Waals surface area contributed by atoms with Crippen molar-refractivity contribution in [2.24, 2.45) is 5.41 Å². The lowest BCUT2D eigenvalue weighted by molar-refractivity contribution is -0.119. The Balaban J connectivity index is 1.67. The summed E-state index contributed by atoms with van der Waals surface area (Å²) in [7, 11) is 0. The summed E-state index contributed by atoms with van der Waals surface area (Å²) in [6.07, 6.45) is 2.18. The molecule has 0 aliphatic carbocycles. The van der Waals surface area contributed by atoms with Gasteiger partial charge in [0.05, 0.1) is 5.02 Å². The van der Waals surface area contributed by atoms with Crippen molar-refractivity contribution in [1.82, 2.24) is 10.2 Å². The van der Waals surface area contributed by atoms with Gasteiger partial charge in [0.2, 0.25) is 5.91 Å². The zero-order chi connectivity index (χ0) is 15.0. The molecule has 112 valence electrons. The average molecular weight is 311 g/mol. The van der Waals surface area contributed by atoms with Crippen LogP contribution in [0, 0.1) is 11.2 Å². The zero-order valence-corrected chi connectivity index (χ0v) is 12.3. The maximum absolute atomic E-state index is 13.1.